The molecule has 9 heteroatoms. The number of nitrogens with zero attached hydrogens (tertiary/aromatic N) is 3. The van der Waals surface area contributed by atoms with Gasteiger partial charge in [-0.05, 0) is 0 Å². The summed E-state index contributed by atoms with van der Waals surface area (Å²) in [4.78, 5) is 0.0782. The van der Waals surface area contributed by atoms with Crippen LogP contribution in [0.15, 0.2) is 22.4 Å². The Kier molecular flexibility index (Phi) is 3.85. The van der Waals surface area contributed by atoms with Crippen molar-refractivity contribution in [1.82, 2.24) is 14.5 Å². The number of aromatic nitrogens is 2. The van der Waals surface area contributed by atoms with Crippen molar-refractivity contribution in [3.8, 4) is 0 Å². The van der Waals surface area contributed by atoms with E-state index in [1.54, 1.807) is 7.05 Å². The second-order valence-electron chi connectivity index (χ2n) is 3.09. The number of sulfonamides is 1. The molecule has 0 aliphatic carbocycles. The Bertz CT molecular complexity index is 478. The molecular formula is C7H13N5O3S. The molecule has 0 fully saturated rings. The number of rotatable bonds is 5. The van der Waals surface area contributed by atoms with Gasteiger partial charge in [0.1, 0.15) is 10.7 Å². The van der Waals surface area contributed by atoms with Crippen LogP contribution in [0.25, 0.3) is 0 Å². The summed E-state index contributed by atoms with van der Waals surface area (Å²) in [5.41, 5.74) is 5.19. The summed E-state index contributed by atoms with van der Waals surface area (Å²) in [6.07, 6.45) is 2.76. The van der Waals surface area contributed by atoms with E-state index in [0.717, 1.165) is 0 Å². The molecule has 0 bridgehead atoms. The third-order valence-corrected chi connectivity index (χ3v) is 3.21. The molecule has 4 N–H and O–H groups in total. The van der Waals surface area contributed by atoms with Gasteiger partial charge in [-0.25, -0.2) is 13.1 Å². The van der Waals surface area contributed by atoms with Gasteiger partial charge in [0, 0.05) is 26.2 Å². The first-order valence-electron chi connectivity index (χ1n) is 4.40. The van der Waals surface area contributed by atoms with Crippen LogP contribution in [-0.4, -0.2) is 35.8 Å². The first-order chi connectivity index (χ1) is 7.45. The molecule has 1 rings (SSSR count). The number of aryl methyl sites for hydroxylation is 1. The second-order valence-corrected chi connectivity index (χ2v) is 4.86. The van der Waals surface area contributed by atoms with Crippen LogP contribution in [0.4, 0.5) is 0 Å². The summed E-state index contributed by atoms with van der Waals surface area (Å²) < 4.78 is 26.9. The Morgan fingerprint density at radius 2 is 2.44 bits per heavy atom. The van der Waals surface area contributed by atoms with Gasteiger partial charge in [-0.1, -0.05) is 5.16 Å². The molecule has 0 aliphatic rings. The standard InChI is InChI=1S/C7H13N5O3S/c1-12-5-6(4-9-12)16(14,15)10-3-2-7(8)11-13/h4-5,10,13H,2-3H2,1H3,(H2,8,11). The number of hydrogen-bond acceptors (Lipinski definition) is 5. The molecule has 1 aromatic heterocycles. The zero-order valence-corrected chi connectivity index (χ0v) is 9.48. The SMILES string of the molecule is Cn1cc(S(=O)(=O)NCCC(N)=NO)cn1. The van der Waals surface area contributed by atoms with Crippen LogP contribution in [-0.2, 0) is 17.1 Å². The van der Waals surface area contributed by atoms with Gasteiger partial charge in [0.25, 0.3) is 0 Å². The lowest BCUT2D eigenvalue weighted by atomic mass is 10.4. The van der Waals surface area contributed by atoms with Crippen LogP contribution in [0.1, 0.15) is 6.42 Å². The van der Waals surface area contributed by atoms with Crippen LogP contribution < -0.4 is 10.5 Å². The smallest absolute Gasteiger partial charge is 0.243 e. The fourth-order valence-electron chi connectivity index (χ4n) is 0.984. The van der Waals surface area contributed by atoms with Gasteiger partial charge in [0.05, 0.1) is 6.20 Å². The largest absolute Gasteiger partial charge is 0.409 e. The van der Waals surface area contributed by atoms with Crippen molar-refractivity contribution in [2.75, 3.05) is 6.54 Å². The molecule has 16 heavy (non-hydrogen) atoms. The van der Waals surface area contributed by atoms with Crippen LogP contribution in [0, 0.1) is 0 Å². The molecule has 0 unspecified atom stereocenters. The molecular weight excluding hydrogens is 234 g/mol. The third kappa shape index (κ3) is 3.21. The van der Waals surface area contributed by atoms with Gasteiger partial charge in [-0.15, -0.1) is 0 Å². The van der Waals surface area contributed by atoms with E-state index in [9.17, 15) is 8.42 Å². The predicted octanol–water partition coefficient (Wildman–Crippen LogP) is -1.17. The summed E-state index contributed by atoms with van der Waals surface area (Å²) in [5.74, 6) is -0.0334. The summed E-state index contributed by atoms with van der Waals surface area (Å²) in [5, 5.41) is 14.7. The average Bonchev–Trinajstić information content (AvgIpc) is 2.65. The zero-order valence-electron chi connectivity index (χ0n) is 8.66. The minimum atomic E-state index is -3.57. The van der Waals surface area contributed by atoms with E-state index in [0.29, 0.717) is 0 Å². The van der Waals surface area contributed by atoms with Crippen molar-refractivity contribution in [1.29, 1.82) is 0 Å². The molecule has 90 valence electrons. The van der Waals surface area contributed by atoms with Crippen molar-refractivity contribution in [2.24, 2.45) is 17.9 Å². The van der Waals surface area contributed by atoms with E-state index in [1.807, 2.05) is 0 Å². The summed E-state index contributed by atoms with van der Waals surface area (Å²) in [6.45, 7) is 0.0626. The number of nitrogens with one attached hydrogen (secondary N) is 1. The van der Waals surface area contributed by atoms with Crippen molar-refractivity contribution >= 4 is 15.9 Å². The Balaban J connectivity index is 2.60. The van der Waals surface area contributed by atoms with E-state index in [-0.39, 0.29) is 23.7 Å². The van der Waals surface area contributed by atoms with E-state index in [1.165, 1.54) is 17.1 Å². The lowest BCUT2D eigenvalue weighted by Crippen LogP contribution is -2.28. The lowest BCUT2D eigenvalue weighted by Gasteiger charge is -2.03. The van der Waals surface area contributed by atoms with Crippen molar-refractivity contribution in [3.05, 3.63) is 12.4 Å². The normalized spacial score (nSPS) is 12.9. The van der Waals surface area contributed by atoms with E-state index in [2.05, 4.69) is 15.0 Å². The second kappa shape index (κ2) is 4.94. The highest BCUT2D eigenvalue weighted by atomic mass is 32.2. The van der Waals surface area contributed by atoms with E-state index in [4.69, 9.17) is 10.9 Å². The van der Waals surface area contributed by atoms with Crippen LogP contribution in [0.2, 0.25) is 0 Å². The molecule has 1 aromatic rings. The predicted molar refractivity (Wildman–Crippen MR) is 56.4 cm³/mol. The van der Waals surface area contributed by atoms with Crippen LogP contribution >= 0.6 is 0 Å². The first kappa shape index (κ1) is 12.5. The molecule has 0 saturated carbocycles. The minimum absolute atomic E-state index is 0.0334. The Hall–Kier alpha value is -1.61. The average molecular weight is 247 g/mol. The van der Waals surface area contributed by atoms with Crippen molar-refractivity contribution in [2.45, 2.75) is 11.3 Å². The topological polar surface area (TPSA) is 123 Å². The van der Waals surface area contributed by atoms with Gasteiger partial charge in [-0.2, -0.15) is 5.10 Å². The number of hydrogen-bond donors (Lipinski definition) is 3. The Labute approximate surface area is 92.8 Å². The summed E-state index contributed by atoms with van der Waals surface area (Å²) >= 11 is 0. The van der Waals surface area contributed by atoms with Crippen LogP contribution in [0.3, 0.4) is 0 Å². The van der Waals surface area contributed by atoms with Gasteiger partial charge in [0.15, 0.2) is 0 Å². The zero-order chi connectivity index (χ0) is 12.2. The lowest BCUT2D eigenvalue weighted by molar-refractivity contribution is 0.317. The van der Waals surface area contributed by atoms with E-state index >= 15 is 0 Å². The summed E-state index contributed by atoms with van der Waals surface area (Å²) in [7, 11) is -1.95. The quantitative estimate of drug-likeness (QED) is 0.262. The highest BCUT2D eigenvalue weighted by Gasteiger charge is 2.15. The van der Waals surface area contributed by atoms with Crippen molar-refractivity contribution in [3.63, 3.8) is 0 Å². The fraction of sp³-hybridized carbons (Fsp3) is 0.429. The molecule has 0 aromatic carbocycles. The molecule has 0 radical (unpaired) electrons. The first-order valence-corrected chi connectivity index (χ1v) is 5.89. The molecule has 0 atom stereocenters. The van der Waals surface area contributed by atoms with Gasteiger partial charge in [0.2, 0.25) is 10.0 Å². The van der Waals surface area contributed by atoms with Gasteiger partial charge >= 0.3 is 0 Å². The maximum absolute atomic E-state index is 11.6. The number of amidine groups is 1. The molecule has 0 aliphatic heterocycles. The Morgan fingerprint density at radius 1 is 1.75 bits per heavy atom. The highest BCUT2D eigenvalue weighted by Crippen LogP contribution is 2.05. The number of oxime groups is 1. The maximum atomic E-state index is 11.6. The molecule has 0 amide bonds. The van der Waals surface area contributed by atoms with Crippen molar-refractivity contribution < 1.29 is 13.6 Å². The minimum Gasteiger partial charge on any atom is -0.409 e. The molecule has 1 heterocycles. The maximum Gasteiger partial charge on any atom is 0.243 e. The van der Waals surface area contributed by atoms with Gasteiger partial charge in [-0.3, -0.25) is 4.68 Å². The fourth-order valence-corrected chi connectivity index (χ4v) is 2.00. The monoisotopic (exact) mass is 247 g/mol. The molecule has 0 spiro atoms. The highest BCUT2D eigenvalue weighted by molar-refractivity contribution is 7.89. The molecule has 0 saturated heterocycles. The Morgan fingerprint density at radius 3 is 2.94 bits per heavy atom. The van der Waals surface area contributed by atoms with Crippen LogP contribution in [0.5, 0.6) is 0 Å². The molecule has 8 nitrogen and oxygen atoms in total. The third-order valence-electron chi connectivity index (χ3n) is 1.79. The van der Waals surface area contributed by atoms with Gasteiger partial charge < -0.3 is 10.9 Å². The van der Waals surface area contributed by atoms with E-state index < -0.39 is 10.0 Å². The summed E-state index contributed by atoms with van der Waals surface area (Å²) in [6, 6.07) is 0. The number of nitrogens with two attached hydrogens (primary N) is 1.